The molecule has 0 bridgehead atoms. The Labute approximate surface area is 125 Å². The number of aliphatic hydroxyl groups excluding tert-OH is 1. The first-order chi connectivity index (χ1) is 9.47. The van der Waals surface area contributed by atoms with Crippen molar-refractivity contribution in [2.24, 2.45) is 5.92 Å². The van der Waals surface area contributed by atoms with Gasteiger partial charge in [-0.05, 0) is 37.0 Å². The molecule has 1 aromatic rings. The van der Waals surface area contributed by atoms with E-state index in [4.69, 9.17) is 16.7 Å². The third kappa shape index (κ3) is 5.02. The molecule has 1 aromatic carbocycles. The summed E-state index contributed by atoms with van der Waals surface area (Å²) in [6.45, 7) is 5.82. The summed E-state index contributed by atoms with van der Waals surface area (Å²) in [7, 11) is 0. The predicted octanol–water partition coefficient (Wildman–Crippen LogP) is 3.11. The van der Waals surface area contributed by atoms with Crippen LogP contribution in [0.15, 0.2) is 24.3 Å². The van der Waals surface area contributed by atoms with Crippen molar-refractivity contribution in [2.75, 3.05) is 6.61 Å². The highest BCUT2D eigenvalue weighted by Gasteiger charge is 2.17. The van der Waals surface area contributed by atoms with Gasteiger partial charge in [0.25, 0.3) is 0 Å². The second-order valence-electron chi connectivity index (χ2n) is 5.08. The quantitative estimate of drug-likeness (QED) is 0.756. The largest absolute Gasteiger partial charge is 0.396 e. The van der Waals surface area contributed by atoms with E-state index in [2.05, 4.69) is 10.6 Å². The Kier molecular flexibility index (Phi) is 6.82. The van der Waals surface area contributed by atoms with E-state index >= 15 is 0 Å². The van der Waals surface area contributed by atoms with E-state index in [1.54, 1.807) is 0 Å². The minimum Gasteiger partial charge on any atom is -0.396 e. The summed E-state index contributed by atoms with van der Waals surface area (Å²) < 4.78 is 0. The molecule has 0 radical (unpaired) electrons. The molecular weight excluding hydrogens is 276 g/mol. The fraction of sp³-hybridized carbons (Fsp3) is 0.533. The van der Waals surface area contributed by atoms with Gasteiger partial charge in [0, 0.05) is 17.7 Å². The molecule has 2 amide bonds. The molecule has 0 aromatic heterocycles. The molecule has 0 aliphatic heterocycles. The number of halogens is 1. The zero-order valence-corrected chi connectivity index (χ0v) is 12.9. The topological polar surface area (TPSA) is 61.4 Å². The number of rotatable bonds is 6. The predicted molar refractivity (Wildman–Crippen MR) is 81.9 cm³/mol. The van der Waals surface area contributed by atoms with Gasteiger partial charge in [0.2, 0.25) is 0 Å². The molecule has 3 atom stereocenters. The third-order valence-corrected chi connectivity index (χ3v) is 3.70. The monoisotopic (exact) mass is 298 g/mol. The van der Waals surface area contributed by atoms with Crippen molar-refractivity contribution in [3.8, 4) is 0 Å². The Balaban J connectivity index is 2.62. The molecule has 1 rings (SSSR count). The van der Waals surface area contributed by atoms with Crippen molar-refractivity contribution >= 4 is 17.6 Å². The zero-order valence-electron chi connectivity index (χ0n) is 12.2. The van der Waals surface area contributed by atoms with Gasteiger partial charge in [-0.25, -0.2) is 4.79 Å². The maximum absolute atomic E-state index is 12.0. The van der Waals surface area contributed by atoms with E-state index < -0.39 is 0 Å². The van der Waals surface area contributed by atoms with E-state index in [1.807, 2.05) is 45.0 Å². The van der Waals surface area contributed by atoms with E-state index in [-0.39, 0.29) is 30.6 Å². The van der Waals surface area contributed by atoms with Crippen LogP contribution in [0.5, 0.6) is 0 Å². The van der Waals surface area contributed by atoms with E-state index in [9.17, 15) is 4.79 Å². The number of hydrogen-bond acceptors (Lipinski definition) is 2. The number of carbonyl (C=O) groups excluding carboxylic acids is 1. The Morgan fingerprint density at radius 3 is 2.60 bits per heavy atom. The van der Waals surface area contributed by atoms with E-state index in [0.717, 1.165) is 12.0 Å². The van der Waals surface area contributed by atoms with Crippen LogP contribution in [0.4, 0.5) is 4.79 Å². The van der Waals surface area contributed by atoms with Crippen LogP contribution in [0.1, 0.15) is 38.8 Å². The standard InChI is InChI=1S/C15H23ClN2O2/c1-4-14(12-6-5-7-13(16)8-12)18-15(20)17-11(3)10(2)9-19/h5-8,10-11,14,19H,4,9H2,1-3H3,(H2,17,18,20). The Morgan fingerprint density at radius 2 is 2.05 bits per heavy atom. The minimum atomic E-state index is -0.232. The van der Waals surface area contributed by atoms with Gasteiger partial charge in [-0.3, -0.25) is 0 Å². The molecule has 3 unspecified atom stereocenters. The molecule has 0 saturated heterocycles. The van der Waals surface area contributed by atoms with E-state index in [0.29, 0.717) is 5.02 Å². The normalized spacial score (nSPS) is 15.2. The molecule has 0 fully saturated rings. The number of amides is 2. The molecule has 0 aliphatic carbocycles. The summed E-state index contributed by atoms with van der Waals surface area (Å²) in [5.41, 5.74) is 0.984. The summed E-state index contributed by atoms with van der Waals surface area (Å²) in [5, 5.41) is 15.5. The smallest absolute Gasteiger partial charge is 0.315 e. The number of aliphatic hydroxyl groups is 1. The van der Waals surface area contributed by atoms with Crippen molar-refractivity contribution in [3.63, 3.8) is 0 Å². The average molecular weight is 299 g/mol. The number of nitrogens with one attached hydrogen (secondary N) is 2. The van der Waals surface area contributed by atoms with Gasteiger partial charge < -0.3 is 15.7 Å². The van der Waals surface area contributed by atoms with Crippen LogP contribution in [0.2, 0.25) is 5.02 Å². The lowest BCUT2D eigenvalue weighted by Crippen LogP contribution is -2.45. The number of carbonyl (C=O) groups is 1. The Morgan fingerprint density at radius 1 is 1.35 bits per heavy atom. The van der Waals surface area contributed by atoms with E-state index in [1.165, 1.54) is 0 Å². The van der Waals surface area contributed by atoms with Gasteiger partial charge in [0.1, 0.15) is 0 Å². The van der Waals surface area contributed by atoms with Crippen LogP contribution < -0.4 is 10.6 Å². The second-order valence-corrected chi connectivity index (χ2v) is 5.52. The van der Waals surface area contributed by atoms with Gasteiger partial charge in [-0.1, -0.05) is 37.6 Å². The molecule has 0 saturated carbocycles. The maximum atomic E-state index is 12.0. The van der Waals surface area contributed by atoms with Crippen LogP contribution in [-0.4, -0.2) is 23.8 Å². The number of urea groups is 1. The molecule has 20 heavy (non-hydrogen) atoms. The highest BCUT2D eigenvalue weighted by molar-refractivity contribution is 6.30. The molecule has 0 spiro atoms. The Bertz CT molecular complexity index is 440. The van der Waals surface area contributed by atoms with Crippen molar-refractivity contribution in [2.45, 2.75) is 39.3 Å². The summed E-state index contributed by atoms with van der Waals surface area (Å²) in [6, 6.07) is 7.08. The fourth-order valence-electron chi connectivity index (χ4n) is 1.85. The van der Waals surface area contributed by atoms with Gasteiger partial charge in [0.15, 0.2) is 0 Å². The molecule has 4 nitrogen and oxygen atoms in total. The average Bonchev–Trinajstić information content (AvgIpc) is 2.43. The molecule has 3 N–H and O–H groups in total. The van der Waals surface area contributed by atoms with Crippen LogP contribution in [-0.2, 0) is 0 Å². The van der Waals surface area contributed by atoms with Crippen molar-refractivity contribution in [1.29, 1.82) is 0 Å². The van der Waals surface area contributed by atoms with Crippen molar-refractivity contribution in [3.05, 3.63) is 34.9 Å². The lowest BCUT2D eigenvalue weighted by molar-refractivity contribution is 0.199. The van der Waals surface area contributed by atoms with Crippen LogP contribution in [0.3, 0.4) is 0 Å². The summed E-state index contributed by atoms with van der Waals surface area (Å²) in [4.78, 5) is 12.0. The van der Waals surface area contributed by atoms with Gasteiger partial charge in [-0.15, -0.1) is 0 Å². The first kappa shape index (κ1) is 16.8. The Hall–Kier alpha value is -1.26. The van der Waals surface area contributed by atoms with Gasteiger partial charge in [0.05, 0.1) is 6.04 Å². The SMILES string of the molecule is CCC(NC(=O)NC(C)C(C)CO)c1cccc(Cl)c1. The highest BCUT2D eigenvalue weighted by Crippen LogP contribution is 2.20. The first-order valence-electron chi connectivity index (χ1n) is 6.91. The summed E-state index contributed by atoms with van der Waals surface area (Å²) >= 11 is 5.97. The molecule has 0 heterocycles. The van der Waals surface area contributed by atoms with Gasteiger partial charge in [-0.2, -0.15) is 0 Å². The summed E-state index contributed by atoms with van der Waals surface area (Å²) in [6.07, 6.45) is 0.775. The second kappa shape index (κ2) is 8.12. The molecule has 0 aliphatic rings. The lowest BCUT2D eigenvalue weighted by Gasteiger charge is -2.23. The van der Waals surface area contributed by atoms with Crippen molar-refractivity contribution in [1.82, 2.24) is 10.6 Å². The third-order valence-electron chi connectivity index (χ3n) is 3.46. The molecule has 5 heteroatoms. The van der Waals surface area contributed by atoms with Crippen LogP contribution in [0, 0.1) is 5.92 Å². The zero-order chi connectivity index (χ0) is 15.1. The number of hydrogen-bond donors (Lipinski definition) is 3. The van der Waals surface area contributed by atoms with Crippen molar-refractivity contribution < 1.29 is 9.90 Å². The highest BCUT2D eigenvalue weighted by atomic mass is 35.5. The maximum Gasteiger partial charge on any atom is 0.315 e. The molecular formula is C15H23ClN2O2. The lowest BCUT2D eigenvalue weighted by atomic mass is 10.0. The number of benzene rings is 1. The molecule has 112 valence electrons. The minimum absolute atomic E-state index is 0.0204. The van der Waals surface area contributed by atoms with Crippen LogP contribution >= 0.6 is 11.6 Å². The fourth-order valence-corrected chi connectivity index (χ4v) is 2.05. The first-order valence-corrected chi connectivity index (χ1v) is 7.29. The van der Waals surface area contributed by atoms with Crippen LogP contribution in [0.25, 0.3) is 0 Å². The van der Waals surface area contributed by atoms with Gasteiger partial charge >= 0.3 is 6.03 Å². The summed E-state index contributed by atoms with van der Waals surface area (Å²) in [5.74, 6) is 0.0204.